The zero-order valence-electron chi connectivity index (χ0n) is 8.18. The second kappa shape index (κ2) is 5.51. The van der Waals surface area contributed by atoms with Crippen LogP contribution in [0.4, 0.5) is 0 Å². The maximum Gasteiger partial charge on any atom is 0.0474 e. The van der Waals surface area contributed by atoms with Crippen molar-refractivity contribution in [2.24, 2.45) is 0 Å². The van der Waals surface area contributed by atoms with Gasteiger partial charge in [0.15, 0.2) is 0 Å². The molecule has 1 saturated heterocycles. The van der Waals surface area contributed by atoms with Crippen molar-refractivity contribution < 1.29 is 4.74 Å². The van der Waals surface area contributed by atoms with Crippen molar-refractivity contribution in [2.45, 2.75) is 19.4 Å². The number of hydrogen-bond acceptors (Lipinski definition) is 3. The third kappa shape index (κ3) is 3.52. The molecule has 0 saturated carbocycles. The summed E-state index contributed by atoms with van der Waals surface area (Å²) >= 11 is 0. The highest BCUT2D eigenvalue weighted by molar-refractivity contribution is 4.74. The fourth-order valence-corrected chi connectivity index (χ4v) is 1.65. The van der Waals surface area contributed by atoms with Gasteiger partial charge in [0.25, 0.3) is 0 Å². The number of nitrogens with zero attached hydrogens (tertiary/aromatic N) is 1. The Morgan fingerprint density at radius 1 is 1.58 bits per heavy atom. The third-order valence-electron chi connectivity index (χ3n) is 2.28. The van der Waals surface area contributed by atoms with Crippen molar-refractivity contribution in [1.29, 1.82) is 0 Å². The summed E-state index contributed by atoms with van der Waals surface area (Å²) in [6.45, 7) is 7.81. The predicted molar refractivity (Wildman–Crippen MR) is 50.4 cm³/mol. The minimum absolute atomic E-state index is 0.654. The van der Waals surface area contributed by atoms with Gasteiger partial charge in [-0.25, -0.2) is 0 Å². The first kappa shape index (κ1) is 9.96. The van der Waals surface area contributed by atoms with Gasteiger partial charge in [-0.3, -0.25) is 0 Å². The van der Waals surface area contributed by atoms with Crippen LogP contribution in [0.25, 0.3) is 0 Å². The van der Waals surface area contributed by atoms with Crippen LogP contribution in [0.1, 0.15) is 13.3 Å². The molecule has 1 N–H and O–H groups in total. The summed E-state index contributed by atoms with van der Waals surface area (Å²) in [5, 5.41) is 3.43. The standard InChI is InChI=1S/C9H20N2O/c1-9-8-11(6-4-10-9)5-3-7-12-2/h9-10H,3-8H2,1-2H3/t9-/m0/s1. The van der Waals surface area contributed by atoms with Crippen LogP contribution in [-0.4, -0.2) is 50.8 Å². The van der Waals surface area contributed by atoms with E-state index < -0.39 is 0 Å². The van der Waals surface area contributed by atoms with Gasteiger partial charge in [0.1, 0.15) is 0 Å². The Kier molecular flexibility index (Phi) is 4.58. The molecule has 0 aliphatic carbocycles. The summed E-state index contributed by atoms with van der Waals surface area (Å²) in [5.74, 6) is 0. The third-order valence-corrected chi connectivity index (χ3v) is 2.28. The lowest BCUT2D eigenvalue weighted by molar-refractivity contribution is 0.155. The molecule has 3 nitrogen and oxygen atoms in total. The van der Waals surface area contributed by atoms with Gasteiger partial charge < -0.3 is 15.0 Å². The lowest BCUT2D eigenvalue weighted by Gasteiger charge is -2.31. The molecular formula is C9H20N2O. The van der Waals surface area contributed by atoms with E-state index in [2.05, 4.69) is 17.1 Å². The van der Waals surface area contributed by atoms with Crippen molar-refractivity contribution >= 4 is 0 Å². The Morgan fingerprint density at radius 3 is 3.08 bits per heavy atom. The average molecular weight is 172 g/mol. The first-order valence-electron chi connectivity index (χ1n) is 4.77. The molecule has 0 aromatic heterocycles. The zero-order chi connectivity index (χ0) is 8.81. The van der Waals surface area contributed by atoms with E-state index in [9.17, 15) is 0 Å². The van der Waals surface area contributed by atoms with Gasteiger partial charge in [0.05, 0.1) is 0 Å². The predicted octanol–water partition coefficient (Wildman–Crippen LogP) is 0.317. The topological polar surface area (TPSA) is 24.5 Å². The summed E-state index contributed by atoms with van der Waals surface area (Å²) in [6.07, 6.45) is 1.16. The largest absolute Gasteiger partial charge is 0.385 e. The SMILES string of the molecule is COCCCN1CCN[C@@H](C)C1. The summed E-state index contributed by atoms with van der Waals surface area (Å²) in [5.41, 5.74) is 0. The molecule has 1 atom stereocenters. The highest BCUT2D eigenvalue weighted by Gasteiger charge is 2.13. The van der Waals surface area contributed by atoms with Crippen molar-refractivity contribution in [1.82, 2.24) is 10.2 Å². The zero-order valence-corrected chi connectivity index (χ0v) is 8.18. The van der Waals surface area contributed by atoms with Crippen LogP contribution in [-0.2, 0) is 4.74 Å². The molecule has 72 valence electrons. The van der Waals surface area contributed by atoms with Gasteiger partial charge in [-0.15, -0.1) is 0 Å². The number of methoxy groups -OCH3 is 1. The second-order valence-corrected chi connectivity index (χ2v) is 3.50. The summed E-state index contributed by atoms with van der Waals surface area (Å²) < 4.78 is 5.02. The smallest absolute Gasteiger partial charge is 0.0474 e. The van der Waals surface area contributed by atoms with Crippen LogP contribution in [0.15, 0.2) is 0 Å². The lowest BCUT2D eigenvalue weighted by Crippen LogP contribution is -2.49. The monoisotopic (exact) mass is 172 g/mol. The highest BCUT2D eigenvalue weighted by Crippen LogP contribution is 1.99. The van der Waals surface area contributed by atoms with Gasteiger partial charge in [0, 0.05) is 45.9 Å². The van der Waals surface area contributed by atoms with E-state index in [-0.39, 0.29) is 0 Å². The van der Waals surface area contributed by atoms with E-state index in [0.717, 1.165) is 19.6 Å². The van der Waals surface area contributed by atoms with Gasteiger partial charge in [-0.05, 0) is 13.3 Å². The van der Waals surface area contributed by atoms with Crippen LogP contribution < -0.4 is 5.32 Å². The Labute approximate surface area is 75.1 Å². The van der Waals surface area contributed by atoms with Crippen LogP contribution in [0, 0.1) is 0 Å². The Morgan fingerprint density at radius 2 is 2.42 bits per heavy atom. The minimum atomic E-state index is 0.654. The number of rotatable bonds is 4. The van der Waals surface area contributed by atoms with Crippen LogP contribution >= 0.6 is 0 Å². The molecule has 0 aromatic rings. The highest BCUT2D eigenvalue weighted by atomic mass is 16.5. The van der Waals surface area contributed by atoms with E-state index in [1.54, 1.807) is 7.11 Å². The maximum atomic E-state index is 5.02. The molecule has 12 heavy (non-hydrogen) atoms. The molecule has 3 heteroatoms. The normalized spacial score (nSPS) is 26.0. The van der Waals surface area contributed by atoms with E-state index in [0.29, 0.717) is 6.04 Å². The number of hydrogen-bond donors (Lipinski definition) is 1. The molecule has 1 aliphatic rings. The molecule has 0 aromatic carbocycles. The van der Waals surface area contributed by atoms with Crippen molar-refractivity contribution in [3.05, 3.63) is 0 Å². The number of ether oxygens (including phenoxy) is 1. The maximum absolute atomic E-state index is 5.02. The summed E-state index contributed by atoms with van der Waals surface area (Å²) in [4.78, 5) is 2.50. The summed E-state index contributed by atoms with van der Waals surface area (Å²) in [7, 11) is 1.76. The lowest BCUT2D eigenvalue weighted by atomic mass is 10.2. The first-order valence-corrected chi connectivity index (χ1v) is 4.77. The molecule has 0 spiro atoms. The second-order valence-electron chi connectivity index (χ2n) is 3.50. The fraction of sp³-hybridized carbons (Fsp3) is 1.00. The van der Waals surface area contributed by atoms with Crippen molar-refractivity contribution in [2.75, 3.05) is 39.9 Å². The van der Waals surface area contributed by atoms with Crippen molar-refractivity contribution in [3.8, 4) is 0 Å². The number of nitrogens with one attached hydrogen (secondary N) is 1. The van der Waals surface area contributed by atoms with E-state index >= 15 is 0 Å². The molecule has 0 unspecified atom stereocenters. The Hall–Kier alpha value is -0.120. The average Bonchev–Trinajstić information content (AvgIpc) is 2.05. The van der Waals surface area contributed by atoms with Gasteiger partial charge in [-0.2, -0.15) is 0 Å². The molecular weight excluding hydrogens is 152 g/mol. The van der Waals surface area contributed by atoms with E-state index in [1.807, 2.05) is 0 Å². The first-order chi connectivity index (χ1) is 5.83. The van der Waals surface area contributed by atoms with Gasteiger partial charge >= 0.3 is 0 Å². The summed E-state index contributed by atoms with van der Waals surface area (Å²) in [6, 6.07) is 0.654. The molecule has 1 heterocycles. The van der Waals surface area contributed by atoms with Crippen molar-refractivity contribution in [3.63, 3.8) is 0 Å². The molecule has 0 amide bonds. The molecule has 1 rings (SSSR count). The quantitative estimate of drug-likeness (QED) is 0.618. The fourth-order valence-electron chi connectivity index (χ4n) is 1.65. The van der Waals surface area contributed by atoms with Crippen LogP contribution in [0.2, 0.25) is 0 Å². The molecule has 1 fully saturated rings. The van der Waals surface area contributed by atoms with E-state index in [4.69, 9.17) is 4.74 Å². The van der Waals surface area contributed by atoms with Gasteiger partial charge in [-0.1, -0.05) is 0 Å². The molecule has 0 bridgehead atoms. The number of piperazine rings is 1. The Balaban J connectivity index is 2.06. The molecule has 0 radical (unpaired) electrons. The van der Waals surface area contributed by atoms with Crippen LogP contribution in [0.5, 0.6) is 0 Å². The van der Waals surface area contributed by atoms with E-state index in [1.165, 1.54) is 19.6 Å². The molecule has 1 aliphatic heterocycles. The van der Waals surface area contributed by atoms with Gasteiger partial charge in [0.2, 0.25) is 0 Å². The Bertz CT molecular complexity index is 119. The van der Waals surface area contributed by atoms with Crippen LogP contribution in [0.3, 0.4) is 0 Å². The minimum Gasteiger partial charge on any atom is -0.385 e.